The molecule has 2 nitrogen and oxygen atoms in total. The Morgan fingerprint density at radius 3 is 1.81 bits per heavy atom. The Labute approximate surface area is 441 Å². The van der Waals surface area contributed by atoms with Crippen molar-refractivity contribution in [1.29, 1.82) is 0 Å². The van der Waals surface area contributed by atoms with Gasteiger partial charge in [-0.1, -0.05) is 220 Å². The van der Waals surface area contributed by atoms with Gasteiger partial charge in [0, 0.05) is 33.7 Å². The number of benzene rings is 4. The van der Waals surface area contributed by atoms with Gasteiger partial charge in [-0.2, -0.15) is 0 Å². The summed E-state index contributed by atoms with van der Waals surface area (Å²) in [6.45, 7) is 60.9. The van der Waals surface area contributed by atoms with Crippen LogP contribution in [0.3, 0.4) is 0 Å². The summed E-state index contributed by atoms with van der Waals surface area (Å²) >= 11 is 0. The summed E-state index contributed by atoms with van der Waals surface area (Å²) in [6, 6.07) is 28.3. The van der Waals surface area contributed by atoms with Crippen molar-refractivity contribution in [2.45, 2.75) is 203 Å². The molecule has 0 amide bonds. The van der Waals surface area contributed by atoms with Crippen LogP contribution in [-0.2, 0) is 27.1 Å². The van der Waals surface area contributed by atoms with E-state index in [9.17, 15) is 0 Å². The summed E-state index contributed by atoms with van der Waals surface area (Å²) in [4.78, 5) is 5.00. The first-order valence-corrected chi connectivity index (χ1v) is 27.0. The van der Waals surface area contributed by atoms with E-state index >= 15 is 0 Å². The van der Waals surface area contributed by atoms with Gasteiger partial charge in [0.15, 0.2) is 0 Å². The molecule has 1 aliphatic rings. The van der Waals surface area contributed by atoms with Gasteiger partial charge in [0.05, 0.1) is 5.69 Å². The van der Waals surface area contributed by atoms with E-state index in [2.05, 4.69) is 258 Å². The lowest BCUT2D eigenvalue weighted by Crippen LogP contribution is -2.44. The minimum Gasteiger partial charge on any atom is -0.336 e. The Morgan fingerprint density at radius 2 is 1.21 bits per heavy atom. The van der Waals surface area contributed by atoms with Crippen molar-refractivity contribution in [3.05, 3.63) is 208 Å². The fourth-order valence-electron chi connectivity index (χ4n) is 11.3. The van der Waals surface area contributed by atoms with Crippen LogP contribution < -0.4 is 9.80 Å². The maximum Gasteiger partial charge on any atom is 0.0514 e. The molecule has 0 heterocycles. The predicted octanol–water partition coefficient (Wildman–Crippen LogP) is 20.3. The largest absolute Gasteiger partial charge is 0.336 e. The van der Waals surface area contributed by atoms with Gasteiger partial charge >= 0.3 is 0 Å². The molecule has 0 saturated carbocycles. The molecule has 0 saturated heterocycles. The zero-order chi connectivity index (χ0) is 54.0. The van der Waals surface area contributed by atoms with Crippen LogP contribution in [-0.4, -0.2) is 5.54 Å². The van der Waals surface area contributed by atoms with Crippen molar-refractivity contribution in [2.75, 3.05) is 9.80 Å². The summed E-state index contributed by atoms with van der Waals surface area (Å²) in [6.07, 6.45) is 22.3. The van der Waals surface area contributed by atoms with E-state index < -0.39 is 0 Å². The highest BCUT2D eigenvalue weighted by atomic mass is 15.2. The number of aryl methyl sites for hydroxylation is 3. The Bertz CT molecular complexity index is 2740. The fourth-order valence-corrected chi connectivity index (χ4v) is 11.3. The van der Waals surface area contributed by atoms with Gasteiger partial charge in [0.2, 0.25) is 0 Å². The monoisotopic (exact) mass is 965 g/mol. The zero-order valence-corrected chi connectivity index (χ0v) is 49.1. The number of rotatable bonds is 19. The van der Waals surface area contributed by atoms with E-state index in [1.807, 2.05) is 18.2 Å². The zero-order valence-electron chi connectivity index (χ0n) is 49.1. The third-order valence-electron chi connectivity index (χ3n) is 16.4. The molecule has 4 aromatic carbocycles. The van der Waals surface area contributed by atoms with E-state index in [4.69, 9.17) is 13.2 Å². The summed E-state index contributed by atoms with van der Waals surface area (Å²) < 4.78 is 0. The Balaban J connectivity index is 1.78. The maximum atomic E-state index is 5.06. The summed E-state index contributed by atoms with van der Waals surface area (Å²) in [5.74, 6) is 0. The lowest BCUT2D eigenvalue weighted by molar-refractivity contribution is 0.258. The molecule has 2 heteroatoms. The lowest BCUT2D eigenvalue weighted by atomic mass is 9.63. The molecule has 0 spiro atoms. The first-order chi connectivity index (χ1) is 33.2. The smallest absolute Gasteiger partial charge is 0.0514 e. The van der Waals surface area contributed by atoms with Gasteiger partial charge in [0.25, 0.3) is 0 Å². The molecule has 1 aliphatic carbocycles. The highest BCUT2D eigenvalue weighted by molar-refractivity contribution is 5.81. The van der Waals surface area contributed by atoms with Crippen LogP contribution in [0.2, 0.25) is 0 Å². The second-order valence-electron chi connectivity index (χ2n) is 26.3. The second-order valence-corrected chi connectivity index (χ2v) is 26.3. The van der Waals surface area contributed by atoms with Gasteiger partial charge in [-0.25, -0.2) is 0 Å². The molecule has 0 radical (unpaired) electrons. The lowest BCUT2D eigenvalue weighted by Gasteiger charge is -2.45. The number of nitrogens with zero attached hydrogens (tertiary/aromatic N) is 2. The normalized spacial score (nSPS) is 16.1. The van der Waals surface area contributed by atoms with E-state index in [1.165, 1.54) is 55.6 Å². The minimum atomic E-state index is -0.345. The number of hydrogen-bond donors (Lipinski definition) is 0. The van der Waals surface area contributed by atoms with Crippen LogP contribution in [0, 0.1) is 33.1 Å². The van der Waals surface area contributed by atoms with Crippen LogP contribution in [0.4, 0.5) is 17.1 Å². The maximum absolute atomic E-state index is 5.06. The highest BCUT2D eigenvalue weighted by Crippen LogP contribution is 2.52. The molecule has 1 atom stereocenters. The fraction of sp³-hybridized carbons (Fsp3) is 0.457. The van der Waals surface area contributed by atoms with Crippen LogP contribution >= 0.6 is 0 Å². The molecule has 5 rings (SSSR count). The van der Waals surface area contributed by atoms with Crippen LogP contribution in [0.5, 0.6) is 0 Å². The number of fused-ring (bicyclic) bond motifs is 1. The molecule has 0 fully saturated rings. The molecule has 386 valence electrons. The quantitative estimate of drug-likeness (QED) is 0.0864. The van der Waals surface area contributed by atoms with Gasteiger partial charge in [0.1, 0.15) is 0 Å². The average Bonchev–Trinajstić information content (AvgIpc) is 3.46. The Kier molecular flexibility index (Phi) is 17.3. The van der Waals surface area contributed by atoms with Gasteiger partial charge < -0.3 is 9.80 Å². The molecule has 1 unspecified atom stereocenters. The minimum absolute atomic E-state index is 0.0378. The number of allylic oxidation sites excluding steroid dienone is 9. The van der Waals surface area contributed by atoms with Crippen molar-refractivity contribution in [3.8, 4) is 0 Å². The first kappa shape index (κ1) is 57.6. The van der Waals surface area contributed by atoms with Gasteiger partial charge in [-0.3, -0.25) is 0 Å². The summed E-state index contributed by atoms with van der Waals surface area (Å²) in [5.41, 5.74) is 17.8. The van der Waals surface area contributed by atoms with Crippen molar-refractivity contribution in [2.24, 2.45) is 5.41 Å². The third-order valence-corrected chi connectivity index (χ3v) is 16.4. The van der Waals surface area contributed by atoms with E-state index in [-0.39, 0.29) is 38.0 Å². The molecule has 4 aromatic rings. The van der Waals surface area contributed by atoms with Crippen molar-refractivity contribution >= 4 is 17.1 Å². The standard InChI is InChI=1S/C70H96N2/c1-24-26-27-28-30-55(29-25-2)45-53(7)71(61-47-57(64(9,10)11)36-33-51(61)5)62-43-50(4)44-63(54(62)8)72(69(21,22)42-41-66(15,16)56-34-31-49(3)32-35-56)52(6)39-40-70(23,65(12,13)14)58-37-38-59-60(46-58)68(19,20)48-67(59,17)18/h24,26-28,30-40,43-47H,1,6-7,25,29,41-42,48H2,2-5,8-23H3/b27-26-,30-28-,40-39-,55-45+. The number of hydrogen-bond acceptors (Lipinski definition) is 2. The molecule has 0 N–H and O–H groups in total. The first-order valence-electron chi connectivity index (χ1n) is 27.0. The highest BCUT2D eigenvalue weighted by Gasteiger charge is 2.44. The molecular weight excluding hydrogens is 869 g/mol. The average molecular weight is 966 g/mol. The number of anilines is 3. The molecule has 0 aromatic heterocycles. The van der Waals surface area contributed by atoms with Crippen molar-refractivity contribution in [3.63, 3.8) is 0 Å². The molecule has 72 heavy (non-hydrogen) atoms. The van der Waals surface area contributed by atoms with Gasteiger partial charge in [-0.15, -0.1) is 0 Å². The Hall–Kier alpha value is -5.34. The SMILES string of the molecule is C=C\C=C/C=C\C(=C\C(=C)N(c1cc(C(C)(C)C)ccc1C)c1cc(C)cc(N(C(=C)/C=C\C(C)(c2ccc3c(c2)C(C)(C)CC3(C)C)C(C)(C)C)C(C)(C)CCC(C)(C)c2ccc(C)cc2)c1C)CCC. The van der Waals surface area contributed by atoms with E-state index in [1.54, 1.807) is 0 Å². The third kappa shape index (κ3) is 12.7. The second kappa shape index (κ2) is 21.6. The van der Waals surface area contributed by atoms with Crippen LogP contribution in [0.1, 0.15) is 193 Å². The van der Waals surface area contributed by atoms with Gasteiger partial charge in [-0.05, 0) is 175 Å². The van der Waals surface area contributed by atoms with E-state index in [0.29, 0.717) is 0 Å². The van der Waals surface area contributed by atoms with Crippen molar-refractivity contribution in [1.82, 2.24) is 0 Å². The Morgan fingerprint density at radius 1 is 0.611 bits per heavy atom. The van der Waals surface area contributed by atoms with Crippen LogP contribution in [0.15, 0.2) is 158 Å². The molecular formula is C70H96N2. The predicted molar refractivity (Wildman–Crippen MR) is 321 cm³/mol. The van der Waals surface area contributed by atoms with Crippen molar-refractivity contribution < 1.29 is 0 Å². The van der Waals surface area contributed by atoms with E-state index in [0.717, 1.165) is 60.6 Å². The summed E-state index contributed by atoms with van der Waals surface area (Å²) in [5, 5.41) is 0. The topological polar surface area (TPSA) is 6.48 Å². The molecule has 0 bridgehead atoms. The van der Waals surface area contributed by atoms with Crippen LogP contribution in [0.25, 0.3) is 0 Å². The molecule has 0 aliphatic heterocycles. The summed E-state index contributed by atoms with van der Waals surface area (Å²) in [7, 11) is 0.